The predicted molar refractivity (Wildman–Crippen MR) is 96.4 cm³/mol. The van der Waals surface area contributed by atoms with E-state index >= 15 is 0 Å². The first-order valence-electron chi connectivity index (χ1n) is 8.98. The Bertz CT molecular complexity index is 721. The van der Waals surface area contributed by atoms with E-state index in [1.807, 2.05) is 36.9 Å². The average molecular weight is 360 g/mol. The number of nitro groups is 1. The summed E-state index contributed by atoms with van der Waals surface area (Å²) in [4.78, 5) is 27.2. The Morgan fingerprint density at radius 2 is 2.23 bits per heavy atom. The number of carbonyl (C=O) groups excluding carboxylic acids is 1. The van der Waals surface area contributed by atoms with Crippen molar-refractivity contribution in [1.29, 1.82) is 0 Å². The molecule has 1 amide bonds. The topological polar surface area (TPSA) is 88.3 Å². The first kappa shape index (κ1) is 18.3. The summed E-state index contributed by atoms with van der Waals surface area (Å²) in [6, 6.07) is 7.36. The Kier molecular flexibility index (Phi) is 5.51. The van der Waals surface area contributed by atoms with Crippen molar-refractivity contribution in [3.63, 3.8) is 0 Å². The molecule has 2 aliphatic rings. The van der Waals surface area contributed by atoms with E-state index in [1.54, 1.807) is 6.07 Å². The van der Waals surface area contributed by atoms with Gasteiger partial charge in [-0.2, -0.15) is 0 Å². The van der Waals surface area contributed by atoms with Crippen LogP contribution in [0.4, 0.5) is 0 Å². The lowest BCUT2D eigenvalue weighted by molar-refractivity contribution is -0.486. The number of aryl methyl sites for hydroxylation is 1. The van der Waals surface area contributed by atoms with Crippen LogP contribution in [0.25, 0.3) is 0 Å². The first-order valence-corrected chi connectivity index (χ1v) is 8.98. The van der Waals surface area contributed by atoms with Gasteiger partial charge in [0.1, 0.15) is 5.10 Å². The fraction of sp³-hybridized carbons (Fsp3) is 0.556. The van der Waals surface area contributed by atoms with E-state index in [0.717, 1.165) is 18.4 Å². The quantitative estimate of drug-likeness (QED) is 0.592. The van der Waals surface area contributed by atoms with Crippen LogP contribution in [-0.4, -0.2) is 59.0 Å². The molecule has 8 nitrogen and oxygen atoms in total. The molecule has 0 bridgehead atoms. The number of amides is 1. The second-order valence-electron chi connectivity index (χ2n) is 6.84. The molecule has 2 saturated heterocycles. The van der Waals surface area contributed by atoms with Crippen LogP contribution >= 0.6 is 0 Å². The highest BCUT2D eigenvalue weighted by Crippen LogP contribution is 2.23. The highest BCUT2D eigenvalue weighted by molar-refractivity contribution is 6.06. The molecular formula is C18H24N4O4. The molecule has 0 radical (unpaired) electrons. The molecule has 2 unspecified atom stereocenters. The van der Waals surface area contributed by atoms with Crippen LogP contribution < -0.4 is 0 Å². The van der Waals surface area contributed by atoms with Crippen LogP contribution in [0.3, 0.4) is 0 Å². The molecule has 2 fully saturated rings. The number of rotatable bonds is 5. The summed E-state index contributed by atoms with van der Waals surface area (Å²) < 4.78 is 5.58. The van der Waals surface area contributed by atoms with Crippen LogP contribution in [0, 0.1) is 16.0 Å². The zero-order valence-electron chi connectivity index (χ0n) is 15.1. The minimum atomic E-state index is -0.732. The minimum Gasteiger partial charge on any atom is -0.378 e. The molecule has 1 aromatic carbocycles. The van der Waals surface area contributed by atoms with Gasteiger partial charge in [0.05, 0.1) is 12.7 Å². The predicted octanol–water partition coefficient (Wildman–Crippen LogP) is 1.98. The molecule has 2 atom stereocenters. The smallest absolute Gasteiger partial charge is 0.281 e. The first-order chi connectivity index (χ1) is 12.5. The summed E-state index contributed by atoms with van der Waals surface area (Å²) >= 11 is 0. The molecule has 1 aromatic rings. The largest absolute Gasteiger partial charge is 0.378 e. The Morgan fingerprint density at radius 3 is 2.88 bits per heavy atom. The van der Waals surface area contributed by atoms with E-state index < -0.39 is 5.03 Å². The van der Waals surface area contributed by atoms with E-state index in [1.165, 1.54) is 4.90 Å². The van der Waals surface area contributed by atoms with E-state index in [0.29, 0.717) is 37.7 Å². The van der Waals surface area contributed by atoms with Gasteiger partial charge in [0.15, 0.2) is 5.03 Å². The third-order valence-corrected chi connectivity index (χ3v) is 4.88. The maximum atomic E-state index is 12.9. The number of guanidine groups is 1. The van der Waals surface area contributed by atoms with Crippen LogP contribution in [0.1, 0.15) is 36.2 Å². The molecule has 8 heteroatoms. The molecule has 0 aromatic heterocycles. The summed E-state index contributed by atoms with van der Waals surface area (Å²) in [5, 5.41) is 13.8. The monoisotopic (exact) mass is 360 g/mol. The number of benzene rings is 1. The Labute approximate surface area is 152 Å². The zero-order chi connectivity index (χ0) is 18.7. The third kappa shape index (κ3) is 4.01. The normalized spacial score (nSPS) is 24.5. The van der Waals surface area contributed by atoms with Crippen molar-refractivity contribution in [1.82, 2.24) is 9.80 Å². The molecule has 26 heavy (non-hydrogen) atoms. The van der Waals surface area contributed by atoms with Crippen LogP contribution in [0.15, 0.2) is 29.4 Å². The molecule has 0 saturated carbocycles. The van der Waals surface area contributed by atoms with Crippen molar-refractivity contribution in [2.75, 3.05) is 26.2 Å². The van der Waals surface area contributed by atoms with Crippen molar-refractivity contribution in [2.45, 2.75) is 32.8 Å². The minimum absolute atomic E-state index is 0.126. The van der Waals surface area contributed by atoms with Gasteiger partial charge in [0, 0.05) is 31.1 Å². The molecule has 0 N–H and O–H groups in total. The van der Waals surface area contributed by atoms with E-state index in [9.17, 15) is 14.9 Å². The Hall–Kier alpha value is -2.48. The molecule has 140 valence electrons. The number of carbonyl (C=O) groups is 1. The van der Waals surface area contributed by atoms with E-state index in [2.05, 4.69) is 5.10 Å². The van der Waals surface area contributed by atoms with Crippen LogP contribution in [0.5, 0.6) is 0 Å². The van der Waals surface area contributed by atoms with Gasteiger partial charge in [-0.3, -0.25) is 9.69 Å². The van der Waals surface area contributed by atoms with Gasteiger partial charge < -0.3 is 9.64 Å². The maximum Gasteiger partial charge on any atom is 0.281 e. The summed E-state index contributed by atoms with van der Waals surface area (Å²) in [7, 11) is 0. The van der Waals surface area contributed by atoms with Gasteiger partial charge in [0.2, 0.25) is 0 Å². The van der Waals surface area contributed by atoms with Crippen molar-refractivity contribution in [3.8, 4) is 0 Å². The SMILES string of the molecule is CCc1cccc(C(=O)N2CCN(CC3COC(C)C3)C2=N[N+](=O)[O-])c1. The number of hydrogen-bond acceptors (Lipinski definition) is 4. The summed E-state index contributed by atoms with van der Waals surface area (Å²) in [5.74, 6) is 0.168. The van der Waals surface area contributed by atoms with Crippen LogP contribution in [-0.2, 0) is 11.2 Å². The number of hydrazone groups is 1. The van der Waals surface area contributed by atoms with Gasteiger partial charge in [-0.1, -0.05) is 19.1 Å². The van der Waals surface area contributed by atoms with E-state index in [-0.39, 0.29) is 18.0 Å². The molecule has 3 rings (SSSR count). The highest BCUT2D eigenvalue weighted by atomic mass is 16.7. The second-order valence-corrected chi connectivity index (χ2v) is 6.84. The second kappa shape index (κ2) is 7.82. The zero-order valence-corrected chi connectivity index (χ0v) is 15.1. The molecule has 2 aliphatic heterocycles. The molecule has 0 spiro atoms. The fourth-order valence-electron chi connectivity index (χ4n) is 3.57. The van der Waals surface area contributed by atoms with Gasteiger partial charge in [-0.15, -0.1) is 0 Å². The summed E-state index contributed by atoms with van der Waals surface area (Å²) in [5.41, 5.74) is 1.58. The van der Waals surface area contributed by atoms with E-state index in [4.69, 9.17) is 4.74 Å². The van der Waals surface area contributed by atoms with Crippen molar-refractivity contribution in [3.05, 3.63) is 45.5 Å². The molecule has 0 aliphatic carbocycles. The highest BCUT2D eigenvalue weighted by Gasteiger charge is 2.36. The molecule has 2 heterocycles. The molecular weight excluding hydrogens is 336 g/mol. The Balaban J connectivity index is 1.79. The maximum absolute atomic E-state index is 12.9. The van der Waals surface area contributed by atoms with Crippen LogP contribution in [0.2, 0.25) is 0 Å². The number of ether oxygens (including phenoxy) is 1. The fourth-order valence-corrected chi connectivity index (χ4v) is 3.57. The van der Waals surface area contributed by atoms with Gasteiger partial charge in [0.25, 0.3) is 11.9 Å². The summed E-state index contributed by atoms with van der Waals surface area (Å²) in [6.07, 6.45) is 1.94. The van der Waals surface area contributed by atoms with Crippen molar-refractivity contribution < 1.29 is 14.6 Å². The average Bonchev–Trinajstić information content (AvgIpc) is 3.21. The lowest BCUT2D eigenvalue weighted by Gasteiger charge is -2.22. The van der Waals surface area contributed by atoms with Gasteiger partial charge in [-0.05, 0) is 37.5 Å². The lowest BCUT2D eigenvalue weighted by Crippen LogP contribution is -2.40. The number of nitrogens with zero attached hydrogens (tertiary/aromatic N) is 4. The number of hydrogen-bond donors (Lipinski definition) is 0. The lowest BCUT2D eigenvalue weighted by atomic mass is 10.1. The van der Waals surface area contributed by atoms with Crippen molar-refractivity contribution >= 4 is 11.9 Å². The standard InChI is InChI=1S/C18H24N4O4/c1-3-14-5-4-6-16(10-14)17(23)21-8-7-20(18(21)19-22(24)25)11-15-9-13(2)26-12-15/h4-6,10,13,15H,3,7-9,11-12H2,1-2H3. The third-order valence-electron chi connectivity index (χ3n) is 4.88. The van der Waals surface area contributed by atoms with Crippen molar-refractivity contribution in [2.24, 2.45) is 11.0 Å². The van der Waals surface area contributed by atoms with Gasteiger partial charge >= 0.3 is 0 Å². The summed E-state index contributed by atoms with van der Waals surface area (Å²) in [6.45, 7) is 6.21. The van der Waals surface area contributed by atoms with Gasteiger partial charge in [-0.25, -0.2) is 10.1 Å². The Morgan fingerprint density at radius 1 is 1.42 bits per heavy atom.